The summed E-state index contributed by atoms with van der Waals surface area (Å²) in [6.45, 7) is 5.48. The van der Waals surface area contributed by atoms with Crippen molar-refractivity contribution >= 4 is 11.6 Å². The molecule has 0 heterocycles. The van der Waals surface area contributed by atoms with Gasteiger partial charge < -0.3 is 14.8 Å². The number of benzene rings is 2. The van der Waals surface area contributed by atoms with Crippen LogP contribution < -0.4 is 14.8 Å². The van der Waals surface area contributed by atoms with Crippen molar-refractivity contribution in [1.29, 1.82) is 0 Å². The summed E-state index contributed by atoms with van der Waals surface area (Å²) in [5.41, 5.74) is 2.37. The lowest BCUT2D eigenvalue weighted by molar-refractivity contribution is 0.310. The van der Waals surface area contributed by atoms with Crippen LogP contribution >= 0.6 is 11.6 Å². The van der Waals surface area contributed by atoms with Gasteiger partial charge >= 0.3 is 0 Å². The van der Waals surface area contributed by atoms with Crippen LogP contribution in [0, 0.1) is 0 Å². The Morgan fingerprint density at radius 2 is 1.82 bits per heavy atom. The summed E-state index contributed by atoms with van der Waals surface area (Å²) in [5, 5.41) is 4.26. The molecule has 118 valence electrons. The first-order chi connectivity index (χ1) is 10.6. The van der Waals surface area contributed by atoms with Gasteiger partial charge in [-0.15, -0.1) is 0 Å². The third-order valence-corrected chi connectivity index (χ3v) is 3.76. The van der Waals surface area contributed by atoms with E-state index in [1.165, 1.54) is 5.56 Å². The molecule has 0 aliphatic carbocycles. The summed E-state index contributed by atoms with van der Waals surface area (Å²) in [5.74, 6) is 1.54. The zero-order valence-corrected chi connectivity index (χ0v) is 14.0. The maximum atomic E-state index is 5.92. The zero-order valence-electron chi connectivity index (χ0n) is 13.2. The average molecular weight is 320 g/mol. The summed E-state index contributed by atoms with van der Waals surface area (Å²) in [6, 6.07) is 14.2. The van der Waals surface area contributed by atoms with E-state index in [0.29, 0.717) is 6.61 Å². The largest absolute Gasteiger partial charge is 0.493 e. The molecule has 2 rings (SSSR count). The van der Waals surface area contributed by atoms with E-state index in [1.807, 2.05) is 49.4 Å². The number of hydrogen-bond donors (Lipinski definition) is 1. The molecule has 0 radical (unpaired) electrons. The molecule has 1 N–H and O–H groups in total. The first-order valence-corrected chi connectivity index (χ1v) is 7.80. The lowest BCUT2D eigenvalue weighted by atomic mass is 10.1. The van der Waals surface area contributed by atoms with E-state index in [-0.39, 0.29) is 6.04 Å². The van der Waals surface area contributed by atoms with Gasteiger partial charge in [0, 0.05) is 17.6 Å². The zero-order chi connectivity index (χ0) is 15.9. The fourth-order valence-electron chi connectivity index (χ4n) is 2.24. The highest BCUT2D eigenvalue weighted by Gasteiger charge is 2.08. The molecule has 1 unspecified atom stereocenters. The molecule has 3 nitrogen and oxygen atoms in total. The van der Waals surface area contributed by atoms with Crippen LogP contribution in [0.4, 0.5) is 0 Å². The number of halogens is 1. The van der Waals surface area contributed by atoms with Gasteiger partial charge in [0.25, 0.3) is 0 Å². The van der Waals surface area contributed by atoms with Crippen LogP contribution in [0.5, 0.6) is 11.5 Å². The van der Waals surface area contributed by atoms with Gasteiger partial charge in [-0.05, 0) is 49.2 Å². The van der Waals surface area contributed by atoms with Gasteiger partial charge in [-0.3, -0.25) is 0 Å². The van der Waals surface area contributed by atoms with Gasteiger partial charge in [0.15, 0.2) is 11.5 Å². The van der Waals surface area contributed by atoms with Crippen molar-refractivity contribution in [1.82, 2.24) is 5.32 Å². The normalized spacial score (nSPS) is 12.0. The Morgan fingerprint density at radius 1 is 1.09 bits per heavy atom. The van der Waals surface area contributed by atoms with Crippen LogP contribution in [0.1, 0.15) is 31.0 Å². The van der Waals surface area contributed by atoms with Crippen LogP contribution in [0.25, 0.3) is 0 Å². The number of ether oxygens (including phenoxy) is 2. The van der Waals surface area contributed by atoms with Crippen LogP contribution in [0.15, 0.2) is 42.5 Å². The van der Waals surface area contributed by atoms with E-state index in [9.17, 15) is 0 Å². The summed E-state index contributed by atoms with van der Waals surface area (Å²) < 4.78 is 10.9. The van der Waals surface area contributed by atoms with E-state index in [4.69, 9.17) is 21.1 Å². The highest BCUT2D eigenvalue weighted by Crippen LogP contribution is 2.28. The number of nitrogens with one attached hydrogen (secondary N) is 1. The second kappa shape index (κ2) is 8.06. The minimum atomic E-state index is 0.245. The van der Waals surface area contributed by atoms with Gasteiger partial charge in [0.05, 0.1) is 13.7 Å². The Morgan fingerprint density at radius 3 is 2.45 bits per heavy atom. The van der Waals surface area contributed by atoms with Crippen LogP contribution in [0.2, 0.25) is 5.02 Å². The predicted molar refractivity (Wildman–Crippen MR) is 90.9 cm³/mol. The van der Waals surface area contributed by atoms with Crippen LogP contribution in [-0.4, -0.2) is 13.7 Å². The Balaban J connectivity index is 2.01. The topological polar surface area (TPSA) is 30.5 Å². The van der Waals surface area contributed by atoms with Gasteiger partial charge in [0.2, 0.25) is 0 Å². The first-order valence-electron chi connectivity index (χ1n) is 7.42. The van der Waals surface area contributed by atoms with E-state index in [0.717, 1.165) is 28.6 Å². The Bertz CT molecular complexity index is 599. The molecule has 1 atom stereocenters. The fourth-order valence-corrected chi connectivity index (χ4v) is 2.37. The molecule has 0 amide bonds. The molecule has 0 spiro atoms. The quantitative estimate of drug-likeness (QED) is 0.809. The third-order valence-electron chi connectivity index (χ3n) is 3.51. The van der Waals surface area contributed by atoms with E-state index >= 15 is 0 Å². The predicted octanol–water partition coefficient (Wildman–Crippen LogP) is 4.60. The van der Waals surface area contributed by atoms with E-state index < -0.39 is 0 Å². The highest BCUT2D eigenvalue weighted by molar-refractivity contribution is 6.30. The van der Waals surface area contributed by atoms with Crippen LogP contribution in [0.3, 0.4) is 0 Å². The summed E-state index contributed by atoms with van der Waals surface area (Å²) in [4.78, 5) is 0. The van der Waals surface area contributed by atoms with Crippen molar-refractivity contribution in [2.24, 2.45) is 0 Å². The summed E-state index contributed by atoms with van der Waals surface area (Å²) >= 11 is 5.92. The molecular weight excluding hydrogens is 298 g/mol. The highest BCUT2D eigenvalue weighted by atomic mass is 35.5. The molecule has 2 aromatic carbocycles. The molecular formula is C18H22ClNO2. The molecule has 0 bridgehead atoms. The van der Waals surface area contributed by atoms with Crippen molar-refractivity contribution in [3.63, 3.8) is 0 Å². The first kappa shape index (κ1) is 16.7. The Kier molecular flexibility index (Phi) is 6.10. The van der Waals surface area contributed by atoms with Crippen molar-refractivity contribution in [3.05, 3.63) is 58.6 Å². The van der Waals surface area contributed by atoms with Crippen molar-refractivity contribution < 1.29 is 9.47 Å². The monoisotopic (exact) mass is 319 g/mol. The molecule has 0 aromatic heterocycles. The number of methoxy groups -OCH3 is 1. The molecule has 0 aliphatic heterocycles. The third kappa shape index (κ3) is 4.39. The van der Waals surface area contributed by atoms with Gasteiger partial charge in [-0.2, -0.15) is 0 Å². The average Bonchev–Trinajstić information content (AvgIpc) is 2.54. The fraction of sp³-hybridized carbons (Fsp3) is 0.333. The molecule has 4 heteroatoms. The standard InChI is InChI=1S/C18H22ClNO2/c1-4-22-18-11-14(5-10-17(18)21-3)12-20-13(2)15-6-8-16(19)9-7-15/h5-11,13,20H,4,12H2,1-3H3. The Hall–Kier alpha value is -1.71. The summed E-state index contributed by atoms with van der Waals surface area (Å²) in [6.07, 6.45) is 0. The molecule has 2 aromatic rings. The van der Waals surface area contributed by atoms with Crippen molar-refractivity contribution in [3.8, 4) is 11.5 Å². The molecule has 0 aliphatic rings. The maximum absolute atomic E-state index is 5.92. The SMILES string of the molecule is CCOc1cc(CNC(C)c2ccc(Cl)cc2)ccc1OC. The second-order valence-electron chi connectivity index (χ2n) is 5.07. The van der Waals surface area contributed by atoms with E-state index in [1.54, 1.807) is 7.11 Å². The minimum absolute atomic E-state index is 0.245. The Labute approximate surface area is 137 Å². The lowest BCUT2D eigenvalue weighted by Gasteiger charge is -2.16. The lowest BCUT2D eigenvalue weighted by Crippen LogP contribution is -2.18. The number of hydrogen-bond acceptors (Lipinski definition) is 3. The molecule has 0 saturated carbocycles. The van der Waals surface area contributed by atoms with Crippen LogP contribution in [-0.2, 0) is 6.54 Å². The smallest absolute Gasteiger partial charge is 0.161 e. The minimum Gasteiger partial charge on any atom is -0.493 e. The van der Waals surface area contributed by atoms with E-state index in [2.05, 4.69) is 12.2 Å². The van der Waals surface area contributed by atoms with Gasteiger partial charge in [-0.1, -0.05) is 29.8 Å². The van der Waals surface area contributed by atoms with Gasteiger partial charge in [-0.25, -0.2) is 0 Å². The van der Waals surface area contributed by atoms with Gasteiger partial charge in [0.1, 0.15) is 0 Å². The second-order valence-corrected chi connectivity index (χ2v) is 5.51. The maximum Gasteiger partial charge on any atom is 0.161 e. The summed E-state index contributed by atoms with van der Waals surface area (Å²) in [7, 11) is 1.65. The number of rotatable bonds is 7. The van der Waals surface area contributed by atoms with Crippen molar-refractivity contribution in [2.75, 3.05) is 13.7 Å². The molecule has 0 fully saturated rings. The molecule has 22 heavy (non-hydrogen) atoms. The van der Waals surface area contributed by atoms with Crippen molar-refractivity contribution in [2.45, 2.75) is 26.4 Å². The molecule has 0 saturated heterocycles.